The molecule has 1 aromatic rings. The fourth-order valence-electron chi connectivity index (χ4n) is 1.94. The van der Waals surface area contributed by atoms with E-state index in [0.29, 0.717) is 19.5 Å². The molecular weight excluding hydrogens is 292 g/mol. The van der Waals surface area contributed by atoms with E-state index in [-0.39, 0.29) is 11.9 Å². The van der Waals surface area contributed by atoms with Crippen LogP contribution in [0.4, 0.5) is 0 Å². The van der Waals surface area contributed by atoms with Gasteiger partial charge in [0, 0.05) is 51.0 Å². The SMILES string of the molecule is CCNC(=NCCCn1cccn1)NCCC(=O)NC(C)CC. The summed E-state index contributed by atoms with van der Waals surface area (Å²) in [5.74, 6) is 0.825. The zero-order chi connectivity index (χ0) is 16.9. The highest BCUT2D eigenvalue weighted by molar-refractivity contribution is 5.81. The van der Waals surface area contributed by atoms with Gasteiger partial charge in [-0.15, -0.1) is 0 Å². The lowest BCUT2D eigenvalue weighted by Gasteiger charge is -2.13. The van der Waals surface area contributed by atoms with Crippen LogP contribution in [-0.4, -0.2) is 47.3 Å². The van der Waals surface area contributed by atoms with Gasteiger partial charge in [-0.3, -0.25) is 14.5 Å². The summed E-state index contributed by atoms with van der Waals surface area (Å²) in [6.07, 6.45) is 6.04. The average Bonchev–Trinajstić information content (AvgIpc) is 3.04. The number of nitrogens with zero attached hydrogens (tertiary/aromatic N) is 3. The third-order valence-corrected chi connectivity index (χ3v) is 3.38. The summed E-state index contributed by atoms with van der Waals surface area (Å²) in [7, 11) is 0. The molecule has 0 aliphatic heterocycles. The molecule has 0 aromatic carbocycles. The van der Waals surface area contributed by atoms with E-state index in [0.717, 1.165) is 31.9 Å². The Labute approximate surface area is 138 Å². The van der Waals surface area contributed by atoms with Gasteiger partial charge in [-0.25, -0.2) is 0 Å². The monoisotopic (exact) mass is 322 g/mol. The minimum absolute atomic E-state index is 0.0707. The second kappa shape index (κ2) is 11.5. The third kappa shape index (κ3) is 8.85. The van der Waals surface area contributed by atoms with Gasteiger partial charge in [0.1, 0.15) is 0 Å². The normalized spacial score (nSPS) is 12.7. The summed E-state index contributed by atoms with van der Waals surface area (Å²) in [6, 6.07) is 2.14. The standard InChI is InChI=1S/C16H30N6O/c1-4-14(3)21-15(23)8-11-19-16(17-5-2)18-9-6-12-22-13-7-10-20-22/h7,10,13-14H,4-6,8-9,11-12H2,1-3H3,(H,21,23)(H2,17,18,19). The highest BCUT2D eigenvalue weighted by Gasteiger charge is 2.05. The Bertz CT molecular complexity index is 457. The van der Waals surface area contributed by atoms with Crippen molar-refractivity contribution in [2.45, 2.75) is 52.6 Å². The van der Waals surface area contributed by atoms with Crippen molar-refractivity contribution in [3.63, 3.8) is 0 Å². The van der Waals surface area contributed by atoms with Crippen molar-refractivity contribution in [3.05, 3.63) is 18.5 Å². The van der Waals surface area contributed by atoms with E-state index in [1.807, 2.05) is 30.8 Å². The molecule has 0 saturated carbocycles. The highest BCUT2D eigenvalue weighted by atomic mass is 16.1. The van der Waals surface area contributed by atoms with E-state index >= 15 is 0 Å². The highest BCUT2D eigenvalue weighted by Crippen LogP contribution is 1.91. The molecule has 0 radical (unpaired) electrons. The van der Waals surface area contributed by atoms with Crippen molar-refractivity contribution < 1.29 is 4.79 Å². The number of hydrogen-bond donors (Lipinski definition) is 3. The molecule has 1 rings (SSSR count). The lowest BCUT2D eigenvalue weighted by atomic mass is 10.2. The van der Waals surface area contributed by atoms with Gasteiger partial charge >= 0.3 is 0 Å². The van der Waals surface area contributed by atoms with Gasteiger partial charge in [0.05, 0.1) is 0 Å². The van der Waals surface area contributed by atoms with Crippen LogP contribution in [0, 0.1) is 0 Å². The van der Waals surface area contributed by atoms with Gasteiger partial charge in [0.15, 0.2) is 5.96 Å². The molecule has 0 spiro atoms. The third-order valence-electron chi connectivity index (χ3n) is 3.38. The molecule has 0 bridgehead atoms. The van der Waals surface area contributed by atoms with Gasteiger partial charge < -0.3 is 16.0 Å². The topological polar surface area (TPSA) is 83.3 Å². The van der Waals surface area contributed by atoms with Crippen LogP contribution in [0.25, 0.3) is 0 Å². The number of nitrogens with one attached hydrogen (secondary N) is 3. The molecular formula is C16H30N6O. The summed E-state index contributed by atoms with van der Waals surface area (Å²) in [4.78, 5) is 16.2. The summed E-state index contributed by atoms with van der Waals surface area (Å²) in [6.45, 7) is 9.04. The van der Waals surface area contributed by atoms with Gasteiger partial charge in [-0.05, 0) is 32.8 Å². The maximum atomic E-state index is 11.7. The molecule has 1 amide bonds. The van der Waals surface area contributed by atoms with Gasteiger partial charge in [-0.2, -0.15) is 5.10 Å². The predicted molar refractivity (Wildman–Crippen MR) is 93.3 cm³/mol. The van der Waals surface area contributed by atoms with Crippen LogP contribution < -0.4 is 16.0 Å². The number of guanidine groups is 1. The number of aromatic nitrogens is 2. The first-order valence-electron chi connectivity index (χ1n) is 8.44. The predicted octanol–water partition coefficient (Wildman–Crippen LogP) is 1.13. The molecule has 1 unspecified atom stereocenters. The minimum Gasteiger partial charge on any atom is -0.357 e. The Kier molecular flexibility index (Phi) is 9.51. The molecule has 1 aromatic heterocycles. The van der Waals surface area contributed by atoms with Crippen LogP contribution in [0.15, 0.2) is 23.5 Å². The Hall–Kier alpha value is -2.05. The second-order valence-electron chi connectivity index (χ2n) is 5.44. The number of carbonyl (C=O) groups excluding carboxylic acids is 1. The Balaban J connectivity index is 2.24. The molecule has 7 nitrogen and oxygen atoms in total. The van der Waals surface area contributed by atoms with Crippen LogP contribution in [0.1, 0.15) is 40.0 Å². The number of carbonyl (C=O) groups is 1. The molecule has 23 heavy (non-hydrogen) atoms. The van der Waals surface area contributed by atoms with Crippen LogP contribution >= 0.6 is 0 Å². The van der Waals surface area contributed by atoms with Crippen molar-refractivity contribution in [2.75, 3.05) is 19.6 Å². The molecule has 0 saturated heterocycles. The molecule has 0 fully saturated rings. The van der Waals surface area contributed by atoms with Crippen molar-refractivity contribution in [2.24, 2.45) is 4.99 Å². The van der Waals surface area contributed by atoms with E-state index in [1.165, 1.54) is 0 Å². The zero-order valence-electron chi connectivity index (χ0n) is 14.5. The second-order valence-corrected chi connectivity index (χ2v) is 5.44. The van der Waals surface area contributed by atoms with E-state index in [9.17, 15) is 4.79 Å². The summed E-state index contributed by atoms with van der Waals surface area (Å²) in [5.41, 5.74) is 0. The van der Waals surface area contributed by atoms with Crippen LogP contribution in [-0.2, 0) is 11.3 Å². The number of hydrogen-bond acceptors (Lipinski definition) is 3. The van der Waals surface area contributed by atoms with Gasteiger partial charge in [-0.1, -0.05) is 6.92 Å². The molecule has 1 atom stereocenters. The van der Waals surface area contributed by atoms with Gasteiger partial charge in [0.25, 0.3) is 0 Å². The van der Waals surface area contributed by atoms with Crippen LogP contribution in [0.2, 0.25) is 0 Å². The zero-order valence-corrected chi connectivity index (χ0v) is 14.5. The first-order valence-corrected chi connectivity index (χ1v) is 8.44. The van der Waals surface area contributed by atoms with Crippen molar-refractivity contribution in [3.8, 4) is 0 Å². The Morgan fingerprint density at radius 3 is 2.83 bits per heavy atom. The first kappa shape index (κ1) is 19.0. The van der Waals surface area contributed by atoms with E-state index in [2.05, 4.69) is 33.0 Å². The van der Waals surface area contributed by atoms with E-state index < -0.39 is 0 Å². The maximum Gasteiger partial charge on any atom is 0.221 e. The van der Waals surface area contributed by atoms with Crippen molar-refractivity contribution in [1.82, 2.24) is 25.7 Å². The lowest BCUT2D eigenvalue weighted by Crippen LogP contribution is -2.40. The van der Waals surface area contributed by atoms with E-state index in [4.69, 9.17) is 0 Å². The minimum atomic E-state index is 0.0707. The average molecular weight is 322 g/mol. The van der Waals surface area contributed by atoms with Crippen molar-refractivity contribution >= 4 is 11.9 Å². The number of aliphatic imine (C=N–C) groups is 1. The summed E-state index contributed by atoms with van der Waals surface area (Å²) >= 11 is 0. The van der Waals surface area contributed by atoms with Gasteiger partial charge in [0.2, 0.25) is 5.91 Å². The molecule has 1 heterocycles. The molecule has 0 aliphatic rings. The largest absolute Gasteiger partial charge is 0.357 e. The number of amides is 1. The summed E-state index contributed by atoms with van der Waals surface area (Å²) in [5, 5.41) is 13.5. The lowest BCUT2D eigenvalue weighted by molar-refractivity contribution is -0.121. The van der Waals surface area contributed by atoms with Crippen LogP contribution in [0.3, 0.4) is 0 Å². The van der Waals surface area contributed by atoms with Crippen molar-refractivity contribution in [1.29, 1.82) is 0 Å². The maximum absolute atomic E-state index is 11.7. The fourth-order valence-corrected chi connectivity index (χ4v) is 1.94. The molecule has 3 N–H and O–H groups in total. The number of rotatable bonds is 10. The quantitative estimate of drug-likeness (QED) is 0.343. The molecule has 130 valence electrons. The van der Waals surface area contributed by atoms with Crippen LogP contribution in [0.5, 0.6) is 0 Å². The smallest absolute Gasteiger partial charge is 0.221 e. The number of aryl methyl sites for hydroxylation is 1. The Morgan fingerprint density at radius 2 is 2.17 bits per heavy atom. The van der Waals surface area contributed by atoms with E-state index in [1.54, 1.807) is 6.20 Å². The fraction of sp³-hybridized carbons (Fsp3) is 0.688. The Morgan fingerprint density at radius 1 is 1.35 bits per heavy atom. The molecule has 7 heteroatoms. The first-order chi connectivity index (χ1) is 11.2. The summed E-state index contributed by atoms with van der Waals surface area (Å²) < 4.78 is 1.90. The molecule has 0 aliphatic carbocycles.